The third kappa shape index (κ3) is 2.52. The maximum Gasteiger partial charge on any atom is 0.342 e. The Kier molecular flexibility index (Phi) is 4.03. The zero-order valence-electron chi connectivity index (χ0n) is 9.49. The average Bonchev–Trinajstić information content (AvgIpc) is 2.37. The lowest BCUT2D eigenvalue weighted by Crippen LogP contribution is -2.32. The van der Waals surface area contributed by atoms with E-state index in [1.54, 1.807) is 6.07 Å². The summed E-state index contributed by atoms with van der Waals surface area (Å²) in [6, 6.07) is 3.01. The Bertz CT molecular complexity index is 828. The topological polar surface area (TPSA) is 92.2 Å². The first-order valence-electron chi connectivity index (χ1n) is 5.06. The molecule has 0 amide bonds. The summed E-state index contributed by atoms with van der Waals surface area (Å²) in [6.07, 6.45) is 0.898. The lowest BCUT2D eigenvalue weighted by atomic mass is 10.3. The van der Waals surface area contributed by atoms with E-state index in [-0.39, 0.29) is 15.7 Å². The summed E-state index contributed by atoms with van der Waals surface area (Å²) in [4.78, 5) is 35.9. The molecular formula is C11H5BrCl2N2O4. The van der Waals surface area contributed by atoms with Crippen LogP contribution in [0.2, 0.25) is 10.0 Å². The van der Waals surface area contributed by atoms with Crippen molar-refractivity contribution in [1.82, 2.24) is 9.55 Å². The van der Waals surface area contributed by atoms with Gasteiger partial charge in [0, 0.05) is 10.7 Å². The molecule has 2 aromatic rings. The van der Waals surface area contributed by atoms with Gasteiger partial charge in [-0.2, -0.15) is 0 Å². The monoisotopic (exact) mass is 378 g/mol. The van der Waals surface area contributed by atoms with E-state index in [1.165, 1.54) is 6.07 Å². The first kappa shape index (κ1) is 14.8. The summed E-state index contributed by atoms with van der Waals surface area (Å²) in [5, 5.41) is 9.11. The summed E-state index contributed by atoms with van der Waals surface area (Å²) < 4.78 is 1.43. The van der Waals surface area contributed by atoms with Gasteiger partial charge in [-0.05, 0) is 28.1 Å². The van der Waals surface area contributed by atoms with Gasteiger partial charge in [-0.25, -0.2) is 9.59 Å². The lowest BCUT2D eigenvalue weighted by Gasteiger charge is -2.10. The molecular weight excluding hydrogens is 375 g/mol. The highest BCUT2D eigenvalue weighted by atomic mass is 79.9. The highest BCUT2D eigenvalue weighted by Crippen LogP contribution is 2.34. The summed E-state index contributed by atoms with van der Waals surface area (Å²) in [5.74, 6) is -1.46. The van der Waals surface area contributed by atoms with Crippen molar-refractivity contribution in [3.63, 3.8) is 0 Å². The second-order valence-electron chi connectivity index (χ2n) is 3.67. The molecule has 1 aromatic carbocycles. The smallest absolute Gasteiger partial charge is 0.342 e. The van der Waals surface area contributed by atoms with E-state index in [2.05, 4.69) is 15.9 Å². The quantitative estimate of drug-likeness (QED) is 0.783. The Morgan fingerprint density at radius 3 is 2.50 bits per heavy atom. The fourth-order valence-corrected chi connectivity index (χ4v) is 2.36. The molecule has 0 spiro atoms. The van der Waals surface area contributed by atoms with E-state index in [4.69, 9.17) is 28.3 Å². The standard InChI is InChI=1S/C11H5BrCl2N2O4/c12-5-1-2-6(8(14)7(5)13)16-3-4(10(18)19)9(17)15-11(16)20/h1-3H,(H,18,19)(H,15,17,20). The second kappa shape index (κ2) is 5.43. The van der Waals surface area contributed by atoms with Crippen LogP contribution in [0.5, 0.6) is 0 Å². The number of halogens is 3. The number of H-pyrrole nitrogens is 1. The van der Waals surface area contributed by atoms with Crippen molar-refractivity contribution in [2.45, 2.75) is 0 Å². The fraction of sp³-hybridized carbons (Fsp3) is 0. The van der Waals surface area contributed by atoms with E-state index < -0.39 is 22.8 Å². The van der Waals surface area contributed by atoms with Crippen LogP contribution in [-0.4, -0.2) is 20.6 Å². The number of hydrogen-bond acceptors (Lipinski definition) is 3. The summed E-state index contributed by atoms with van der Waals surface area (Å²) in [5.41, 5.74) is -2.23. The molecule has 0 atom stereocenters. The number of carboxylic acids is 1. The molecule has 0 fully saturated rings. The molecule has 104 valence electrons. The Labute approximate surface area is 129 Å². The van der Waals surface area contributed by atoms with Gasteiger partial charge < -0.3 is 5.11 Å². The molecule has 0 unspecified atom stereocenters. The van der Waals surface area contributed by atoms with Crippen LogP contribution in [0, 0.1) is 0 Å². The predicted molar refractivity (Wildman–Crippen MR) is 77.3 cm³/mol. The van der Waals surface area contributed by atoms with Crippen LogP contribution in [0.4, 0.5) is 0 Å². The van der Waals surface area contributed by atoms with Crippen LogP contribution in [0.25, 0.3) is 5.69 Å². The largest absolute Gasteiger partial charge is 0.477 e. The van der Waals surface area contributed by atoms with Gasteiger partial charge in [0.1, 0.15) is 5.56 Å². The van der Waals surface area contributed by atoms with E-state index >= 15 is 0 Å². The number of nitrogens with one attached hydrogen (secondary N) is 1. The molecule has 0 saturated heterocycles. The number of aromatic nitrogens is 2. The number of carboxylic acid groups (broad SMARTS) is 1. The van der Waals surface area contributed by atoms with Crippen LogP contribution in [-0.2, 0) is 0 Å². The number of carbonyl (C=O) groups is 1. The lowest BCUT2D eigenvalue weighted by molar-refractivity contribution is 0.0694. The Hall–Kier alpha value is -1.57. The Morgan fingerprint density at radius 2 is 1.90 bits per heavy atom. The van der Waals surface area contributed by atoms with Crippen molar-refractivity contribution in [1.29, 1.82) is 0 Å². The molecule has 0 saturated carbocycles. The van der Waals surface area contributed by atoms with Gasteiger partial charge in [-0.15, -0.1) is 0 Å². The van der Waals surface area contributed by atoms with Crippen LogP contribution >= 0.6 is 39.1 Å². The normalized spacial score (nSPS) is 10.6. The molecule has 2 rings (SSSR count). The fourth-order valence-electron chi connectivity index (χ4n) is 1.50. The average molecular weight is 380 g/mol. The zero-order valence-corrected chi connectivity index (χ0v) is 12.6. The van der Waals surface area contributed by atoms with Crippen LogP contribution in [0.1, 0.15) is 10.4 Å². The molecule has 20 heavy (non-hydrogen) atoms. The maximum atomic E-state index is 11.8. The number of hydrogen-bond donors (Lipinski definition) is 2. The Balaban J connectivity index is 2.80. The van der Waals surface area contributed by atoms with Gasteiger partial charge in [0.15, 0.2) is 0 Å². The molecule has 6 nitrogen and oxygen atoms in total. The van der Waals surface area contributed by atoms with Crippen LogP contribution in [0.15, 0.2) is 32.4 Å². The number of aromatic amines is 1. The molecule has 0 aliphatic heterocycles. The first-order chi connectivity index (χ1) is 9.32. The van der Waals surface area contributed by atoms with Crippen molar-refractivity contribution in [2.24, 2.45) is 0 Å². The van der Waals surface area contributed by atoms with E-state index in [1.807, 2.05) is 4.98 Å². The molecule has 0 aliphatic rings. The van der Waals surface area contributed by atoms with Crippen molar-refractivity contribution in [2.75, 3.05) is 0 Å². The number of aromatic carboxylic acids is 1. The molecule has 0 radical (unpaired) electrons. The minimum absolute atomic E-state index is 0.0477. The van der Waals surface area contributed by atoms with E-state index in [0.29, 0.717) is 4.47 Å². The molecule has 1 heterocycles. The van der Waals surface area contributed by atoms with Gasteiger partial charge in [0.05, 0.1) is 15.7 Å². The third-order valence-electron chi connectivity index (χ3n) is 2.45. The van der Waals surface area contributed by atoms with Gasteiger partial charge in [-0.3, -0.25) is 14.3 Å². The molecule has 1 aromatic heterocycles. The summed E-state index contributed by atoms with van der Waals surface area (Å²) in [7, 11) is 0. The van der Waals surface area contributed by atoms with Crippen molar-refractivity contribution < 1.29 is 9.90 Å². The number of rotatable bonds is 2. The summed E-state index contributed by atoms with van der Waals surface area (Å²) >= 11 is 15.1. The minimum Gasteiger partial charge on any atom is -0.477 e. The highest BCUT2D eigenvalue weighted by molar-refractivity contribution is 9.10. The van der Waals surface area contributed by atoms with Crippen molar-refractivity contribution >= 4 is 45.1 Å². The van der Waals surface area contributed by atoms with Crippen LogP contribution in [0.3, 0.4) is 0 Å². The molecule has 0 aliphatic carbocycles. The van der Waals surface area contributed by atoms with Crippen LogP contribution < -0.4 is 11.2 Å². The molecule has 9 heteroatoms. The molecule has 0 bridgehead atoms. The summed E-state index contributed by atoms with van der Waals surface area (Å²) in [6.45, 7) is 0. The number of benzene rings is 1. The zero-order chi connectivity index (χ0) is 15.0. The maximum absolute atomic E-state index is 11.8. The predicted octanol–water partition coefficient (Wildman–Crippen LogP) is 2.29. The van der Waals surface area contributed by atoms with Crippen molar-refractivity contribution in [3.05, 3.63) is 59.2 Å². The highest BCUT2D eigenvalue weighted by Gasteiger charge is 2.16. The first-order valence-corrected chi connectivity index (χ1v) is 6.61. The van der Waals surface area contributed by atoms with E-state index in [0.717, 1.165) is 10.8 Å². The molecule has 2 N–H and O–H groups in total. The van der Waals surface area contributed by atoms with Gasteiger partial charge in [-0.1, -0.05) is 23.2 Å². The number of nitrogens with zero attached hydrogens (tertiary/aromatic N) is 1. The van der Waals surface area contributed by atoms with E-state index in [9.17, 15) is 14.4 Å². The Morgan fingerprint density at radius 1 is 1.25 bits per heavy atom. The third-order valence-corrected chi connectivity index (χ3v) is 4.21. The van der Waals surface area contributed by atoms with Gasteiger partial charge in [0.2, 0.25) is 0 Å². The van der Waals surface area contributed by atoms with Gasteiger partial charge in [0.25, 0.3) is 5.56 Å². The van der Waals surface area contributed by atoms with Gasteiger partial charge >= 0.3 is 11.7 Å². The second-order valence-corrected chi connectivity index (χ2v) is 5.28. The minimum atomic E-state index is -1.46. The van der Waals surface area contributed by atoms with Crippen molar-refractivity contribution in [3.8, 4) is 5.69 Å². The SMILES string of the molecule is O=C(O)c1cn(-c2ccc(Br)c(Cl)c2Cl)c(=O)[nH]c1=O.